The second kappa shape index (κ2) is 7.07. The van der Waals surface area contributed by atoms with Crippen LogP contribution in [0.25, 0.3) is 0 Å². The Labute approximate surface area is 163 Å². The van der Waals surface area contributed by atoms with Crippen LogP contribution >= 0.6 is 0 Å². The number of aromatic nitrogens is 1. The van der Waals surface area contributed by atoms with Gasteiger partial charge in [0.15, 0.2) is 11.6 Å². The number of urea groups is 1. The van der Waals surface area contributed by atoms with Crippen LogP contribution in [0.3, 0.4) is 0 Å². The first-order valence-electron chi connectivity index (χ1n) is 9.08. The van der Waals surface area contributed by atoms with E-state index in [0.717, 1.165) is 10.5 Å². The van der Waals surface area contributed by atoms with E-state index in [-0.39, 0.29) is 18.0 Å². The molecular weight excluding hydrogens is 358 g/mol. The molecule has 1 aromatic heterocycles. The van der Waals surface area contributed by atoms with Crippen LogP contribution in [0, 0.1) is 20.8 Å². The fourth-order valence-corrected chi connectivity index (χ4v) is 3.69. The van der Waals surface area contributed by atoms with E-state index in [1.807, 2.05) is 19.1 Å². The van der Waals surface area contributed by atoms with Crippen molar-refractivity contribution in [1.29, 1.82) is 0 Å². The van der Waals surface area contributed by atoms with Crippen molar-refractivity contribution in [2.75, 3.05) is 11.4 Å². The number of rotatable bonds is 5. The number of nitrogens with zero attached hydrogens (tertiary/aromatic N) is 2. The number of ketones is 2. The van der Waals surface area contributed by atoms with Crippen LogP contribution in [0.1, 0.15) is 51.5 Å². The molecule has 0 bridgehead atoms. The molecule has 1 fully saturated rings. The summed E-state index contributed by atoms with van der Waals surface area (Å²) in [6.07, 6.45) is 0. The summed E-state index contributed by atoms with van der Waals surface area (Å²) in [7, 11) is 0. The minimum atomic E-state index is -0.692. The molecule has 0 saturated carbocycles. The lowest BCUT2D eigenvalue weighted by atomic mass is 10.1. The van der Waals surface area contributed by atoms with Crippen LogP contribution in [-0.2, 0) is 4.79 Å². The Kier molecular flexibility index (Phi) is 4.93. The van der Waals surface area contributed by atoms with Crippen molar-refractivity contribution >= 4 is 29.2 Å². The van der Waals surface area contributed by atoms with Gasteiger partial charge in [-0.25, -0.2) is 4.79 Å². The average Bonchev–Trinajstić information content (AvgIpc) is 3.04. The summed E-state index contributed by atoms with van der Waals surface area (Å²) in [6.45, 7) is 8.04. The molecule has 1 saturated heterocycles. The van der Waals surface area contributed by atoms with Gasteiger partial charge < -0.3 is 4.98 Å². The van der Waals surface area contributed by atoms with Gasteiger partial charge in [0.05, 0.1) is 12.2 Å². The van der Waals surface area contributed by atoms with Gasteiger partial charge in [-0.05, 0) is 52.3 Å². The molecule has 1 aromatic carbocycles. The van der Waals surface area contributed by atoms with Gasteiger partial charge in [0.2, 0.25) is 0 Å². The zero-order chi connectivity index (χ0) is 20.7. The molecule has 1 atom stereocenters. The van der Waals surface area contributed by atoms with Crippen LogP contribution in [0.5, 0.6) is 0 Å². The number of benzene rings is 1. The molecule has 7 nitrogen and oxygen atoms in total. The number of nitrogens with one attached hydrogen (secondary N) is 1. The quantitative estimate of drug-likeness (QED) is 0.636. The molecule has 3 rings (SSSR count). The Morgan fingerprint density at radius 2 is 1.68 bits per heavy atom. The highest BCUT2D eigenvalue weighted by molar-refractivity contribution is 6.16. The number of aromatic amines is 1. The van der Waals surface area contributed by atoms with Crippen molar-refractivity contribution in [1.82, 2.24) is 9.88 Å². The Bertz CT molecular complexity index is 988. The molecular formula is C21H23N3O4. The fraction of sp³-hybridized carbons (Fsp3) is 0.333. The molecule has 146 valence electrons. The highest BCUT2D eigenvalue weighted by atomic mass is 16.2. The molecule has 0 spiro atoms. The Morgan fingerprint density at radius 3 is 2.21 bits per heavy atom. The molecule has 2 aromatic rings. The van der Waals surface area contributed by atoms with E-state index in [1.54, 1.807) is 32.9 Å². The van der Waals surface area contributed by atoms with E-state index in [1.165, 1.54) is 11.8 Å². The number of carbonyl (C=O) groups is 4. The molecule has 1 N–H and O–H groups in total. The SMILES string of the molecule is CC(=O)c1c(C)[nH]c(C(=O)CN2C(=O)[C@@H](C)N(c3ccc(C)cc3)C2=O)c1C. The van der Waals surface area contributed by atoms with Crippen LogP contribution < -0.4 is 4.90 Å². The number of hydrogen-bond acceptors (Lipinski definition) is 4. The third kappa shape index (κ3) is 3.13. The van der Waals surface area contributed by atoms with Gasteiger partial charge in [-0.3, -0.25) is 24.2 Å². The summed E-state index contributed by atoms with van der Waals surface area (Å²) in [5.41, 5.74) is 3.51. The van der Waals surface area contributed by atoms with E-state index in [2.05, 4.69) is 4.98 Å². The summed E-state index contributed by atoms with van der Waals surface area (Å²) in [4.78, 5) is 55.4. The molecule has 2 heterocycles. The highest BCUT2D eigenvalue weighted by Gasteiger charge is 2.44. The number of amides is 3. The molecule has 1 aliphatic rings. The van der Waals surface area contributed by atoms with Crippen molar-refractivity contribution < 1.29 is 19.2 Å². The van der Waals surface area contributed by atoms with Crippen molar-refractivity contribution in [2.45, 2.75) is 40.7 Å². The second-order valence-electron chi connectivity index (χ2n) is 7.19. The maximum atomic E-state index is 12.9. The van der Waals surface area contributed by atoms with Crippen LogP contribution in [0.4, 0.5) is 10.5 Å². The zero-order valence-corrected chi connectivity index (χ0v) is 16.6. The van der Waals surface area contributed by atoms with Gasteiger partial charge in [0.1, 0.15) is 6.04 Å². The Balaban J connectivity index is 1.86. The van der Waals surface area contributed by atoms with Crippen LogP contribution in [0.2, 0.25) is 0 Å². The lowest BCUT2D eigenvalue weighted by Gasteiger charge is -2.19. The molecule has 28 heavy (non-hydrogen) atoms. The molecule has 0 aliphatic carbocycles. The first kappa shape index (κ1) is 19.5. The average molecular weight is 381 g/mol. The summed E-state index contributed by atoms with van der Waals surface area (Å²) in [6, 6.07) is 6.06. The minimum Gasteiger partial charge on any atom is -0.355 e. The summed E-state index contributed by atoms with van der Waals surface area (Å²) in [5.74, 6) is -0.975. The largest absolute Gasteiger partial charge is 0.355 e. The smallest absolute Gasteiger partial charge is 0.332 e. The number of imide groups is 1. The van der Waals surface area contributed by atoms with E-state index in [0.29, 0.717) is 22.5 Å². The predicted octanol–water partition coefficient (Wildman–Crippen LogP) is 3.18. The first-order chi connectivity index (χ1) is 13.1. The fourth-order valence-electron chi connectivity index (χ4n) is 3.69. The minimum absolute atomic E-state index is 0.141. The summed E-state index contributed by atoms with van der Waals surface area (Å²) < 4.78 is 0. The number of aryl methyl sites for hydroxylation is 2. The monoisotopic (exact) mass is 381 g/mol. The van der Waals surface area contributed by atoms with Gasteiger partial charge in [-0.15, -0.1) is 0 Å². The number of Topliss-reactive ketones (excluding diaryl/α,β-unsaturated/α-hetero) is 2. The molecule has 7 heteroatoms. The van der Waals surface area contributed by atoms with E-state index in [9.17, 15) is 19.2 Å². The predicted molar refractivity (Wildman–Crippen MR) is 105 cm³/mol. The molecule has 1 aliphatic heterocycles. The van der Waals surface area contributed by atoms with Crippen molar-refractivity contribution in [3.8, 4) is 0 Å². The lowest BCUT2D eigenvalue weighted by molar-refractivity contribution is -0.126. The standard InChI is InChI=1S/C21H23N3O4/c1-11-6-8-16(9-7-11)24-14(4)20(27)23(21(24)28)10-17(26)19-12(2)18(15(5)25)13(3)22-19/h6-9,14,22H,10H2,1-5H3/t14-/m1/s1. The van der Waals surface area contributed by atoms with E-state index < -0.39 is 23.8 Å². The maximum absolute atomic E-state index is 12.9. The van der Waals surface area contributed by atoms with Crippen LogP contribution in [-0.4, -0.2) is 46.0 Å². The van der Waals surface area contributed by atoms with Gasteiger partial charge in [-0.1, -0.05) is 17.7 Å². The van der Waals surface area contributed by atoms with Gasteiger partial charge in [0, 0.05) is 16.9 Å². The number of carbonyl (C=O) groups excluding carboxylic acids is 4. The van der Waals surface area contributed by atoms with Crippen molar-refractivity contribution in [3.63, 3.8) is 0 Å². The van der Waals surface area contributed by atoms with E-state index >= 15 is 0 Å². The first-order valence-corrected chi connectivity index (χ1v) is 9.08. The summed E-state index contributed by atoms with van der Waals surface area (Å²) in [5, 5.41) is 0. The van der Waals surface area contributed by atoms with E-state index in [4.69, 9.17) is 0 Å². The third-order valence-electron chi connectivity index (χ3n) is 5.13. The molecule has 0 unspecified atom stereocenters. The molecule has 0 radical (unpaired) electrons. The normalized spacial score (nSPS) is 16.8. The number of H-pyrrole nitrogens is 1. The molecule has 3 amide bonds. The van der Waals surface area contributed by atoms with Crippen molar-refractivity contribution in [2.24, 2.45) is 0 Å². The van der Waals surface area contributed by atoms with Gasteiger partial charge in [0.25, 0.3) is 5.91 Å². The number of hydrogen-bond donors (Lipinski definition) is 1. The topological polar surface area (TPSA) is 90.6 Å². The lowest BCUT2D eigenvalue weighted by Crippen LogP contribution is -2.37. The van der Waals surface area contributed by atoms with Gasteiger partial charge in [-0.2, -0.15) is 0 Å². The second-order valence-corrected chi connectivity index (χ2v) is 7.19. The van der Waals surface area contributed by atoms with Crippen molar-refractivity contribution in [3.05, 3.63) is 52.3 Å². The Morgan fingerprint density at radius 1 is 1.07 bits per heavy atom. The van der Waals surface area contributed by atoms with Crippen LogP contribution in [0.15, 0.2) is 24.3 Å². The Hall–Kier alpha value is -3.22. The maximum Gasteiger partial charge on any atom is 0.332 e. The summed E-state index contributed by atoms with van der Waals surface area (Å²) >= 11 is 0. The zero-order valence-electron chi connectivity index (χ0n) is 16.6. The van der Waals surface area contributed by atoms with Gasteiger partial charge >= 0.3 is 6.03 Å². The number of anilines is 1. The highest BCUT2D eigenvalue weighted by Crippen LogP contribution is 2.27. The third-order valence-corrected chi connectivity index (χ3v) is 5.13.